The second kappa shape index (κ2) is 10.1. The first-order chi connectivity index (χ1) is 15.4. The first-order valence-corrected chi connectivity index (χ1v) is 12.0. The minimum atomic E-state index is 0.0135. The van der Waals surface area contributed by atoms with Crippen molar-refractivity contribution in [2.45, 2.75) is 44.8 Å². The fraction of sp³-hybridized carbons (Fsp3) is 0.375. The van der Waals surface area contributed by atoms with Gasteiger partial charge in [-0.25, -0.2) is 0 Å². The summed E-state index contributed by atoms with van der Waals surface area (Å²) >= 11 is 9.48. The molecule has 2 heterocycles. The highest BCUT2D eigenvalue weighted by Crippen LogP contribution is 2.39. The summed E-state index contributed by atoms with van der Waals surface area (Å²) in [5, 5.41) is 12.2. The van der Waals surface area contributed by atoms with Crippen LogP contribution in [0.2, 0.25) is 5.02 Å². The van der Waals surface area contributed by atoms with Gasteiger partial charge in [-0.2, -0.15) is 0 Å². The average molecular weight is 517 g/mol. The molecule has 1 saturated heterocycles. The third kappa shape index (κ3) is 5.57. The fourth-order valence-corrected chi connectivity index (χ4v) is 5.34. The minimum absolute atomic E-state index is 0.0135. The van der Waals surface area contributed by atoms with Gasteiger partial charge in [0.1, 0.15) is 0 Å². The Kier molecular flexibility index (Phi) is 7.28. The van der Waals surface area contributed by atoms with E-state index in [2.05, 4.69) is 67.6 Å². The van der Waals surface area contributed by atoms with Gasteiger partial charge in [0, 0.05) is 41.7 Å². The number of piperidine rings is 1. The first-order valence-electron chi connectivity index (χ1n) is 10.8. The molecule has 1 amide bonds. The molecule has 0 saturated carbocycles. The second-order valence-electron chi connectivity index (χ2n) is 8.55. The Hall–Kier alpha value is -2.22. The maximum Gasteiger partial charge on any atom is 0.224 e. The van der Waals surface area contributed by atoms with E-state index in [9.17, 15) is 4.79 Å². The summed E-state index contributed by atoms with van der Waals surface area (Å²) < 4.78 is 2.52. The molecular formula is C24H27BrClN5O. The molecule has 0 spiro atoms. The molecule has 3 atom stereocenters. The fourth-order valence-electron chi connectivity index (χ4n) is 4.56. The number of hydrogen-bond acceptors (Lipinski definition) is 4. The van der Waals surface area contributed by atoms with E-state index in [1.54, 1.807) is 16.8 Å². The summed E-state index contributed by atoms with van der Waals surface area (Å²) in [6, 6.07) is 16.3. The normalized spacial score (nSPS) is 21.4. The molecule has 168 valence electrons. The molecule has 0 aliphatic carbocycles. The zero-order valence-electron chi connectivity index (χ0n) is 18.2. The Bertz CT molecular complexity index is 1070. The lowest BCUT2D eigenvalue weighted by atomic mass is 9.83. The van der Waals surface area contributed by atoms with Gasteiger partial charge >= 0.3 is 0 Å². The van der Waals surface area contributed by atoms with Gasteiger partial charge in [-0.1, -0.05) is 47.1 Å². The molecule has 8 heteroatoms. The molecule has 1 aliphatic heterocycles. The molecule has 0 radical (unpaired) electrons. The third-order valence-electron chi connectivity index (χ3n) is 6.05. The van der Waals surface area contributed by atoms with E-state index in [0.29, 0.717) is 17.5 Å². The van der Waals surface area contributed by atoms with E-state index in [0.717, 1.165) is 35.2 Å². The molecule has 32 heavy (non-hydrogen) atoms. The highest BCUT2D eigenvalue weighted by atomic mass is 79.9. The molecule has 3 aromatic rings. The van der Waals surface area contributed by atoms with E-state index < -0.39 is 0 Å². The van der Waals surface area contributed by atoms with Crippen LogP contribution in [0.3, 0.4) is 0 Å². The number of amides is 1. The molecule has 2 aromatic carbocycles. The maximum absolute atomic E-state index is 12.8. The van der Waals surface area contributed by atoms with Crippen LogP contribution in [0.25, 0.3) is 0 Å². The van der Waals surface area contributed by atoms with Gasteiger partial charge in [-0.05, 0) is 65.4 Å². The predicted octanol–water partition coefficient (Wildman–Crippen LogP) is 5.60. The molecule has 0 bridgehead atoms. The number of aryl methyl sites for hydroxylation is 1. The number of carbonyl (C=O) groups is 1. The molecule has 1 fully saturated rings. The van der Waals surface area contributed by atoms with Crippen molar-refractivity contribution in [3.8, 4) is 0 Å². The van der Waals surface area contributed by atoms with E-state index in [1.807, 2.05) is 25.4 Å². The SMILES string of the molecule is C[C@H]1CC(CC(=O)Nc2ccc(Cl)cc2Br)C[C@@H](c2cn(C)nn2)N1Cc1ccccc1. The molecule has 1 aliphatic rings. The van der Waals surface area contributed by atoms with E-state index in [-0.39, 0.29) is 17.9 Å². The monoisotopic (exact) mass is 515 g/mol. The third-order valence-corrected chi connectivity index (χ3v) is 6.94. The Morgan fingerprint density at radius 3 is 2.69 bits per heavy atom. The highest BCUT2D eigenvalue weighted by Gasteiger charge is 2.36. The van der Waals surface area contributed by atoms with Crippen molar-refractivity contribution in [2.75, 3.05) is 5.32 Å². The van der Waals surface area contributed by atoms with Gasteiger partial charge < -0.3 is 5.32 Å². The van der Waals surface area contributed by atoms with Crippen molar-refractivity contribution in [1.29, 1.82) is 0 Å². The van der Waals surface area contributed by atoms with Gasteiger partial charge in [0.25, 0.3) is 0 Å². The van der Waals surface area contributed by atoms with Gasteiger partial charge in [0.2, 0.25) is 5.91 Å². The summed E-state index contributed by atoms with van der Waals surface area (Å²) in [7, 11) is 1.89. The molecule has 4 rings (SSSR count). The van der Waals surface area contributed by atoms with Crippen LogP contribution in [0.4, 0.5) is 5.69 Å². The molecular weight excluding hydrogens is 490 g/mol. The van der Waals surface area contributed by atoms with Gasteiger partial charge in [0.15, 0.2) is 0 Å². The maximum atomic E-state index is 12.8. The van der Waals surface area contributed by atoms with Crippen LogP contribution in [0, 0.1) is 5.92 Å². The van der Waals surface area contributed by atoms with Crippen molar-refractivity contribution in [3.05, 3.63) is 75.5 Å². The van der Waals surface area contributed by atoms with Crippen molar-refractivity contribution in [1.82, 2.24) is 19.9 Å². The van der Waals surface area contributed by atoms with E-state index in [4.69, 9.17) is 11.6 Å². The van der Waals surface area contributed by atoms with Crippen LogP contribution in [0.15, 0.2) is 59.2 Å². The number of aromatic nitrogens is 3. The second-order valence-corrected chi connectivity index (χ2v) is 9.84. The summed E-state index contributed by atoms with van der Waals surface area (Å²) in [6.07, 6.45) is 4.28. The van der Waals surface area contributed by atoms with Crippen LogP contribution in [0.1, 0.15) is 43.5 Å². The Labute approximate surface area is 202 Å². The molecule has 6 nitrogen and oxygen atoms in total. The van der Waals surface area contributed by atoms with Crippen LogP contribution < -0.4 is 5.32 Å². The topological polar surface area (TPSA) is 63.1 Å². The Morgan fingerprint density at radius 1 is 1.22 bits per heavy atom. The van der Waals surface area contributed by atoms with Gasteiger partial charge in [0.05, 0.1) is 17.4 Å². The van der Waals surface area contributed by atoms with Crippen molar-refractivity contribution in [3.63, 3.8) is 0 Å². The van der Waals surface area contributed by atoms with Crippen LogP contribution in [-0.2, 0) is 18.4 Å². The van der Waals surface area contributed by atoms with Crippen molar-refractivity contribution < 1.29 is 4.79 Å². The number of anilines is 1. The minimum Gasteiger partial charge on any atom is -0.325 e. The summed E-state index contributed by atoms with van der Waals surface area (Å²) in [5.41, 5.74) is 2.97. The summed E-state index contributed by atoms with van der Waals surface area (Å²) in [6.45, 7) is 3.09. The summed E-state index contributed by atoms with van der Waals surface area (Å²) in [4.78, 5) is 15.3. The predicted molar refractivity (Wildman–Crippen MR) is 130 cm³/mol. The number of hydrogen-bond donors (Lipinski definition) is 1. The average Bonchev–Trinajstić information content (AvgIpc) is 3.19. The zero-order valence-corrected chi connectivity index (χ0v) is 20.6. The van der Waals surface area contributed by atoms with Crippen molar-refractivity contribution >= 4 is 39.1 Å². The molecule has 1 N–H and O–H groups in total. The zero-order chi connectivity index (χ0) is 22.7. The summed E-state index contributed by atoms with van der Waals surface area (Å²) in [5.74, 6) is 0.273. The van der Waals surface area contributed by atoms with Crippen LogP contribution in [0.5, 0.6) is 0 Å². The number of nitrogens with one attached hydrogen (secondary N) is 1. The lowest BCUT2D eigenvalue weighted by Gasteiger charge is -2.43. The number of rotatable bonds is 6. The Balaban J connectivity index is 1.48. The quantitative estimate of drug-likeness (QED) is 0.463. The lowest BCUT2D eigenvalue weighted by Crippen LogP contribution is -2.43. The number of carbonyl (C=O) groups excluding carboxylic acids is 1. The van der Waals surface area contributed by atoms with Gasteiger partial charge in [-0.15, -0.1) is 5.10 Å². The number of benzene rings is 2. The standard InChI is InChI=1S/C24H27BrClN5O/c1-16-10-18(12-24(32)27-21-9-8-19(26)13-20(21)25)11-23(22-15-30(2)29-28-22)31(16)14-17-6-4-3-5-7-17/h3-9,13,15-16,18,23H,10-12,14H2,1-2H3,(H,27,32)/t16-,18?,23-/m0/s1. The smallest absolute Gasteiger partial charge is 0.224 e. The first kappa shape index (κ1) is 23.0. The molecule has 1 unspecified atom stereocenters. The molecule has 1 aromatic heterocycles. The van der Waals surface area contributed by atoms with Crippen LogP contribution >= 0.6 is 27.5 Å². The van der Waals surface area contributed by atoms with Crippen molar-refractivity contribution in [2.24, 2.45) is 13.0 Å². The number of likely N-dealkylation sites (tertiary alicyclic amines) is 1. The van der Waals surface area contributed by atoms with Gasteiger partial charge in [-0.3, -0.25) is 14.4 Å². The number of nitrogens with zero attached hydrogens (tertiary/aromatic N) is 4. The lowest BCUT2D eigenvalue weighted by molar-refractivity contribution is -0.117. The van der Waals surface area contributed by atoms with Crippen LogP contribution in [-0.4, -0.2) is 31.8 Å². The van der Waals surface area contributed by atoms with E-state index in [1.165, 1.54) is 5.56 Å². The Morgan fingerprint density at radius 2 is 2.00 bits per heavy atom. The number of halogens is 2. The van der Waals surface area contributed by atoms with E-state index >= 15 is 0 Å². The largest absolute Gasteiger partial charge is 0.325 e. The highest BCUT2D eigenvalue weighted by molar-refractivity contribution is 9.10.